The van der Waals surface area contributed by atoms with Gasteiger partial charge in [-0.2, -0.15) is 0 Å². The van der Waals surface area contributed by atoms with E-state index in [1.807, 2.05) is 0 Å². The Hall–Kier alpha value is -0.520. The first-order valence-electron chi connectivity index (χ1n) is 4.15. The van der Waals surface area contributed by atoms with Crippen molar-refractivity contribution in [2.45, 2.75) is 6.92 Å². The summed E-state index contributed by atoms with van der Waals surface area (Å²) in [6.07, 6.45) is 0. The average molecular weight is 290 g/mol. The molecule has 0 unspecified atom stereocenters. The van der Waals surface area contributed by atoms with Crippen molar-refractivity contribution in [1.82, 2.24) is 0 Å². The maximum absolute atomic E-state index is 5.20. The molecule has 2 aromatic rings. The van der Waals surface area contributed by atoms with Gasteiger partial charge in [0.15, 0.2) is 0 Å². The molecule has 0 N–H and O–H groups in total. The van der Waals surface area contributed by atoms with E-state index < -0.39 is 0 Å². The summed E-state index contributed by atoms with van der Waals surface area (Å²) < 4.78 is 10.5. The molecule has 0 aliphatic rings. The van der Waals surface area contributed by atoms with Crippen LogP contribution in [-0.2, 0) is 7.05 Å². The second-order valence-corrected chi connectivity index (χ2v) is 6.54. The fourth-order valence-electron chi connectivity index (χ4n) is 1.37. The third-order valence-corrected chi connectivity index (χ3v) is 5.50. The van der Waals surface area contributed by atoms with Gasteiger partial charge in [0.05, 0.1) is 0 Å². The number of nitrogens with zero attached hydrogens (tertiary/aromatic N) is 1. The van der Waals surface area contributed by atoms with Crippen molar-refractivity contribution in [1.29, 1.82) is 0 Å². The predicted octanol–water partition coefficient (Wildman–Crippen LogP) is 1.04. The first-order valence-corrected chi connectivity index (χ1v) is 6.48. The van der Waals surface area contributed by atoms with Crippen LogP contribution in [0.5, 0.6) is 5.75 Å². The molecular weight excluding hydrogens is 278 g/mol. The zero-order valence-corrected chi connectivity index (χ0v) is 10.3. The molecular formula is C10H12NOTe+. The van der Waals surface area contributed by atoms with E-state index in [0.29, 0.717) is 0 Å². The fraction of sp³-hybridized carbons (Fsp3) is 0.300. The Labute approximate surface area is 87.4 Å². The summed E-state index contributed by atoms with van der Waals surface area (Å²) in [5.74, 6) is 0.952. The number of ether oxygens (including phenoxy) is 1. The van der Waals surface area contributed by atoms with Crippen molar-refractivity contribution < 1.29 is 9.30 Å². The van der Waals surface area contributed by atoms with Gasteiger partial charge in [0, 0.05) is 0 Å². The Balaban J connectivity index is 2.75. The average Bonchev–Trinajstić information content (AvgIpc) is 2.43. The molecule has 0 radical (unpaired) electrons. The summed E-state index contributed by atoms with van der Waals surface area (Å²) in [5, 5.41) is 0. The molecule has 0 amide bonds. The Kier molecular flexibility index (Phi) is 2.31. The van der Waals surface area contributed by atoms with Crippen molar-refractivity contribution in [2.24, 2.45) is 7.05 Å². The van der Waals surface area contributed by atoms with E-state index in [9.17, 15) is 0 Å². The summed E-state index contributed by atoms with van der Waals surface area (Å²) in [5.41, 5.74) is 1.33. The minimum absolute atomic E-state index is 0.0892. The van der Waals surface area contributed by atoms with Gasteiger partial charge in [-0.05, 0) is 0 Å². The number of aryl methyl sites for hydroxylation is 2. The third kappa shape index (κ3) is 1.47. The maximum atomic E-state index is 5.20. The van der Waals surface area contributed by atoms with Gasteiger partial charge in [0.1, 0.15) is 0 Å². The Morgan fingerprint density at radius 1 is 1.38 bits per heavy atom. The zero-order valence-electron chi connectivity index (χ0n) is 8.00. The molecule has 13 heavy (non-hydrogen) atoms. The number of hydrogen-bond acceptors (Lipinski definition) is 1. The standard InChI is InChI=1S/C10H12NOTe/c1-7-11(2)9-6-8(12-3)4-5-10(9)13-7/h4-6H,1-3H3/q+1. The van der Waals surface area contributed by atoms with E-state index in [4.69, 9.17) is 4.74 Å². The van der Waals surface area contributed by atoms with Crippen LogP contribution < -0.4 is 9.30 Å². The van der Waals surface area contributed by atoms with Crippen LogP contribution in [0.2, 0.25) is 0 Å². The first-order chi connectivity index (χ1) is 6.22. The van der Waals surface area contributed by atoms with Crippen molar-refractivity contribution in [3.05, 3.63) is 21.9 Å². The van der Waals surface area contributed by atoms with Crippen LogP contribution in [0.3, 0.4) is 0 Å². The minimum atomic E-state index is -0.0892. The molecule has 0 saturated heterocycles. The van der Waals surface area contributed by atoms with Gasteiger partial charge in [0.25, 0.3) is 0 Å². The van der Waals surface area contributed by atoms with E-state index in [-0.39, 0.29) is 20.4 Å². The van der Waals surface area contributed by atoms with Crippen LogP contribution in [0.4, 0.5) is 0 Å². The summed E-state index contributed by atoms with van der Waals surface area (Å²) in [6.45, 7) is 2.22. The second-order valence-electron chi connectivity index (χ2n) is 3.01. The van der Waals surface area contributed by atoms with E-state index in [2.05, 4.69) is 36.7 Å². The van der Waals surface area contributed by atoms with Crippen LogP contribution in [0.25, 0.3) is 8.92 Å². The van der Waals surface area contributed by atoms with Gasteiger partial charge in [-0.1, -0.05) is 0 Å². The topological polar surface area (TPSA) is 13.1 Å². The molecule has 2 nitrogen and oxygen atoms in total. The van der Waals surface area contributed by atoms with Gasteiger partial charge in [-0.25, -0.2) is 0 Å². The number of fused-ring (bicyclic) bond motifs is 1. The molecule has 0 saturated carbocycles. The van der Waals surface area contributed by atoms with Crippen molar-refractivity contribution in [3.8, 4) is 5.75 Å². The molecule has 1 aromatic carbocycles. The Morgan fingerprint density at radius 3 is 2.85 bits per heavy atom. The van der Waals surface area contributed by atoms with E-state index >= 15 is 0 Å². The Morgan fingerprint density at radius 2 is 2.15 bits per heavy atom. The quantitative estimate of drug-likeness (QED) is 0.565. The van der Waals surface area contributed by atoms with Gasteiger partial charge in [-0.3, -0.25) is 0 Å². The van der Waals surface area contributed by atoms with Crippen LogP contribution >= 0.6 is 0 Å². The van der Waals surface area contributed by atoms with Crippen molar-refractivity contribution in [2.75, 3.05) is 7.11 Å². The fourth-order valence-corrected chi connectivity index (χ4v) is 4.20. The SMILES string of the molecule is COc1ccc2[te]c(C)[n+](C)c2c1. The zero-order chi connectivity index (χ0) is 9.42. The number of aromatic nitrogens is 1. The van der Waals surface area contributed by atoms with Gasteiger partial charge in [0.2, 0.25) is 0 Å². The van der Waals surface area contributed by atoms with Crippen LogP contribution in [-0.4, -0.2) is 27.5 Å². The second kappa shape index (κ2) is 3.32. The first kappa shape index (κ1) is 9.05. The molecule has 0 fully saturated rings. The monoisotopic (exact) mass is 292 g/mol. The number of hydrogen-bond donors (Lipinski definition) is 0. The summed E-state index contributed by atoms with van der Waals surface area (Å²) in [7, 11) is 3.84. The van der Waals surface area contributed by atoms with Crippen molar-refractivity contribution >= 4 is 29.3 Å². The van der Waals surface area contributed by atoms with E-state index in [0.717, 1.165) is 5.75 Å². The number of methoxy groups -OCH3 is 1. The molecule has 0 spiro atoms. The molecule has 0 aliphatic carbocycles. The van der Waals surface area contributed by atoms with Crippen LogP contribution in [0.1, 0.15) is 3.71 Å². The van der Waals surface area contributed by atoms with Gasteiger partial charge >= 0.3 is 87.4 Å². The normalized spacial score (nSPS) is 10.7. The van der Waals surface area contributed by atoms with Crippen molar-refractivity contribution in [3.63, 3.8) is 0 Å². The molecule has 1 heterocycles. The summed E-state index contributed by atoms with van der Waals surface area (Å²) in [4.78, 5) is 0. The molecule has 2 rings (SSSR count). The van der Waals surface area contributed by atoms with Crippen LogP contribution in [0.15, 0.2) is 18.2 Å². The van der Waals surface area contributed by atoms with Crippen LogP contribution in [0, 0.1) is 6.92 Å². The number of rotatable bonds is 1. The van der Waals surface area contributed by atoms with E-state index in [1.165, 1.54) is 12.6 Å². The third-order valence-electron chi connectivity index (χ3n) is 2.26. The molecule has 1 aromatic heterocycles. The van der Waals surface area contributed by atoms with Gasteiger partial charge < -0.3 is 0 Å². The molecule has 0 bridgehead atoms. The van der Waals surface area contributed by atoms with E-state index in [1.54, 1.807) is 7.11 Å². The molecule has 68 valence electrons. The molecule has 3 heteroatoms. The Bertz CT molecular complexity index is 447. The number of benzene rings is 1. The molecule has 0 aliphatic heterocycles. The van der Waals surface area contributed by atoms with Gasteiger partial charge in [-0.15, -0.1) is 0 Å². The predicted molar refractivity (Wildman–Crippen MR) is 53.4 cm³/mol. The summed E-state index contributed by atoms with van der Waals surface area (Å²) in [6, 6.07) is 6.37. The molecule has 0 atom stereocenters. The summed E-state index contributed by atoms with van der Waals surface area (Å²) >= 11 is -0.0892.